The Balaban J connectivity index is 1.50. The molecule has 0 bridgehead atoms. The zero-order chi connectivity index (χ0) is 24.9. The first-order valence-corrected chi connectivity index (χ1v) is 11.1. The molecular weight excluding hydrogens is 448 g/mol. The molecule has 35 heavy (non-hydrogen) atoms. The summed E-state index contributed by atoms with van der Waals surface area (Å²) in [5.74, 6) is 1.75. The lowest BCUT2D eigenvalue weighted by Gasteiger charge is -2.13. The van der Waals surface area contributed by atoms with E-state index in [1.165, 1.54) is 13.2 Å². The van der Waals surface area contributed by atoms with Crippen molar-refractivity contribution < 1.29 is 18.8 Å². The lowest BCUT2D eigenvalue weighted by molar-refractivity contribution is 0.102. The summed E-state index contributed by atoms with van der Waals surface area (Å²) in [6.07, 6.45) is 0.646. The van der Waals surface area contributed by atoms with Crippen LogP contribution in [0.2, 0.25) is 0 Å². The Kier molecular flexibility index (Phi) is 6.96. The molecule has 2 aromatic carbocycles. The summed E-state index contributed by atoms with van der Waals surface area (Å²) in [7, 11) is 1.52. The van der Waals surface area contributed by atoms with Crippen LogP contribution in [0.4, 0.5) is 5.69 Å². The molecule has 9 heteroatoms. The van der Waals surface area contributed by atoms with Gasteiger partial charge in [-0.15, -0.1) is 0 Å². The summed E-state index contributed by atoms with van der Waals surface area (Å²) < 4.78 is 16.5. The van der Waals surface area contributed by atoms with Gasteiger partial charge in [-0.05, 0) is 50.6 Å². The third kappa shape index (κ3) is 5.40. The highest BCUT2D eigenvalue weighted by Gasteiger charge is 2.15. The summed E-state index contributed by atoms with van der Waals surface area (Å²) in [6, 6.07) is 13.6. The molecule has 2 N–H and O–H groups in total. The van der Waals surface area contributed by atoms with Crippen molar-refractivity contribution in [3.63, 3.8) is 0 Å². The Bertz CT molecular complexity index is 1400. The molecule has 2 heterocycles. The van der Waals surface area contributed by atoms with Gasteiger partial charge in [-0.2, -0.15) is 0 Å². The molecule has 180 valence electrons. The fraction of sp³-hybridized carbons (Fsp3) is 0.231. The maximum atomic E-state index is 12.9. The fourth-order valence-corrected chi connectivity index (χ4v) is 3.56. The van der Waals surface area contributed by atoms with Gasteiger partial charge in [0.05, 0.1) is 18.4 Å². The van der Waals surface area contributed by atoms with Crippen molar-refractivity contribution in [1.82, 2.24) is 15.1 Å². The normalized spacial score (nSPS) is 10.7. The van der Waals surface area contributed by atoms with Gasteiger partial charge in [-0.1, -0.05) is 24.2 Å². The molecule has 4 aromatic rings. The Morgan fingerprint density at radius 3 is 2.66 bits per heavy atom. The average Bonchev–Trinajstić information content (AvgIpc) is 3.19. The van der Waals surface area contributed by atoms with E-state index in [1.54, 1.807) is 36.4 Å². The number of carbonyl (C=O) groups excluding carboxylic acids is 1. The van der Waals surface area contributed by atoms with E-state index in [0.29, 0.717) is 52.0 Å². The number of hydrogen-bond donors (Lipinski definition) is 2. The van der Waals surface area contributed by atoms with Crippen LogP contribution in [0.1, 0.15) is 40.0 Å². The van der Waals surface area contributed by atoms with Crippen molar-refractivity contribution in [2.45, 2.75) is 33.8 Å². The van der Waals surface area contributed by atoms with E-state index in [9.17, 15) is 9.59 Å². The van der Waals surface area contributed by atoms with Crippen LogP contribution in [0.5, 0.6) is 11.5 Å². The van der Waals surface area contributed by atoms with Gasteiger partial charge >= 0.3 is 0 Å². The summed E-state index contributed by atoms with van der Waals surface area (Å²) in [5, 5.41) is 6.80. The zero-order valence-corrected chi connectivity index (χ0v) is 20.0. The second-order valence-electron chi connectivity index (χ2n) is 7.93. The van der Waals surface area contributed by atoms with E-state index in [1.807, 2.05) is 26.8 Å². The van der Waals surface area contributed by atoms with E-state index in [0.717, 1.165) is 11.3 Å². The van der Waals surface area contributed by atoms with Crippen molar-refractivity contribution in [1.29, 1.82) is 0 Å². The van der Waals surface area contributed by atoms with Crippen LogP contribution in [0, 0.1) is 13.8 Å². The van der Waals surface area contributed by atoms with Crippen LogP contribution in [0.15, 0.2) is 57.8 Å². The average molecular weight is 475 g/mol. The summed E-state index contributed by atoms with van der Waals surface area (Å²) in [6.45, 7) is 5.88. The fourth-order valence-electron chi connectivity index (χ4n) is 3.56. The first-order chi connectivity index (χ1) is 16.9. The van der Waals surface area contributed by atoms with Gasteiger partial charge in [-0.25, -0.2) is 4.98 Å². The topological polar surface area (TPSA) is 119 Å². The van der Waals surface area contributed by atoms with Gasteiger partial charge in [0.15, 0.2) is 11.5 Å². The molecule has 2 aromatic heterocycles. The van der Waals surface area contributed by atoms with E-state index < -0.39 is 0 Å². The monoisotopic (exact) mass is 474 g/mol. The quantitative estimate of drug-likeness (QED) is 0.387. The van der Waals surface area contributed by atoms with Crippen LogP contribution in [-0.2, 0) is 13.0 Å². The Morgan fingerprint density at radius 2 is 1.94 bits per heavy atom. The van der Waals surface area contributed by atoms with Crippen LogP contribution < -0.4 is 20.3 Å². The standard InChI is InChI=1S/C26H26N4O5/c1-5-19-13-24(31)29-25(27-19)17-7-6-8-20(11-17)28-26(32)18-9-10-22(23(12-18)33-4)34-14-21-15(2)30-35-16(21)3/h6-13H,5,14H2,1-4H3,(H,28,32)(H,27,29,31). The Labute approximate surface area is 202 Å². The van der Waals surface area contributed by atoms with E-state index in [4.69, 9.17) is 14.0 Å². The summed E-state index contributed by atoms with van der Waals surface area (Å²) in [5.41, 5.74) is 3.77. The molecule has 0 unspecified atom stereocenters. The van der Waals surface area contributed by atoms with Gasteiger partial charge in [0.1, 0.15) is 18.2 Å². The number of amides is 1. The molecule has 1 amide bonds. The number of benzene rings is 2. The maximum absolute atomic E-state index is 12.9. The molecule has 0 atom stereocenters. The number of H-pyrrole nitrogens is 1. The van der Waals surface area contributed by atoms with Crippen LogP contribution in [-0.4, -0.2) is 28.1 Å². The number of aryl methyl sites for hydroxylation is 3. The largest absolute Gasteiger partial charge is 0.493 e. The summed E-state index contributed by atoms with van der Waals surface area (Å²) in [4.78, 5) is 32.1. The third-order valence-electron chi connectivity index (χ3n) is 5.53. The number of methoxy groups -OCH3 is 1. The molecular formula is C26H26N4O5. The van der Waals surface area contributed by atoms with Crippen LogP contribution in [0.3, 0.4) is 0 Å². The third-order valence-corrected chi connectivity index (χ3v) is 5.53. The SMILES string of the molecule is CCc1cc(=O)[nH]c(-c2cccc(NC(=O)c3ccc(OCc4c(C)noc4C)c(OC)c3)c2)n1. The number of rotatable bonds is 8. The second-order valence-corrected chi connectivity index (χ2v) is 7.93. The number of aromatic nitrogens is 3. The molecule has 0 spiro atoms. The van der Waals surface area contributed by atoms with Gasteiger partial charge in [0.2, 0.25) is 0 Å². The second kappa shape index (κ2) is 10.3. The molecule has 0 saturated heterocycles. The first-order valence-electron chi connectivity index (χ1n) is 11.1. The van der Waals surface area contributed by atoms with Gasteiger partial charge in [0, 0.05) is 28.6 Å². The number of anilines is 1. The smallest absolute Gasteiger partial charge is 0.255 e. The van der Waals surface area contributed by atoms with Crippen molar-refractivity contribution >= 4 is 11.6 Å². The lowest BCUT2D eigenvalue weighted by atomic mass is 10.1. The van der Waals surface area contributed by atoms with Gasteiger partial charge in [-0.3, -0.25) is 9.59 Å². The summed E-state index contributed by atoms with van der Waals surface area (Å²) >= 11 is 0. The van der Waals surface area contributed by atoms with Gasteiger partial charge in [0.25, 0.3) is 11.5 Å². The Morgan fingerprint density at radius 1 is 1.11 bits per heavy atom. The van der Waals surface area contributed by atoms with Crippen molar-refractivity contribution in [2.75, 3.05) is 12.4 Å². The molecule has 4 rings (SSSR count). The van der Waals surface area contributed by atoms with E-state index in [2.05, 4.69) is 20.4 Å². The minimum Gasteiger partial charge on any atom is -0.493 e. The molecule has 0 radical (unpaired) electrons. The van der Waals surface area contributed by atoms with Crippen LogP contribution in [0.25, 0.3) is 11.4 Å². The lowest BCUT2D eigenvalue weighted by Crippen LogP contribution is -2.13. The van der Waals surface area contributed by atoms with Crippen LogP contribution >= 0.6 is 0 Å². The minimum absolute atomic E-state index is 0.218. The highest BCUT2D eigenvalue weighted by molar-refractivity contribution is 6.04. The highest BCUT2D eigenvalue weighted by atomic mass is 16.5. The molecule has 0 saturated carbocycles. The zero-order valence-electron chi connectivity index (χ0n) is 20.0. The predicted molar refractivity (Wildman–Crippen MR) is 131 cm³/mol. The first kappa shape index (κ1) is 23.7. The molecule has 0 aliphatic heterocycles. The number of nitrogens with one attached hydrogen (secondary N) is 2. The van der Waals surface area contributed by atoms with Gasteiger partial charge < -0.3 is 24.3 Å². The molecule has 0 fully saturated rings. The van der Waals surface area contributed by atoms with Crippen molar-refractivity contribution in [2.24, 2.45) is 0 Å². The predicted octanol–water partition coefficient (Wildman–Crippen LogP) is 4.44. The van der Waals surface area contributed by atoms with E-state index >= 15 is 0 Å². The number of carbonyl (C=O) groups is 1. The molecule has 9 nitrogen and oxygen atoms in total. The van der Waals surface area contributed by atoms with Crippen molar-refractivity contribution in [3.8, 4) is 22.9 Å². The number of nitrogens with zero attached hydrogens (tertiary/aromatic N) is 2. The Hall–Kier alpha value is -4.40. The minimum atomic E-state index is -0.318. The van der Waals surface area contributed by atoms with E-state index in [-0.39, 0.29) is 18.1 Å². The maximum Gasteiger partial charge on any atom is 0.255 e. The molecule has 0 aliphatic rings. The number of aromatic amines is 1. The number of ether oxygens (including phenoxy) is 2. The van der Waals surface area contributed by atoms with Crippen molar-refractivity contribution in [3.05, 3.63) is 87.2 Å². The number of hydrogen-bond acceptors (Lipinski definition) is 7. The highest BCUT2D eigenvalue weighted by Crippen LogP contribution is 2.30. The molecule has 0 aliphatic carbocycles.